The summed E-state index contributed by atoms with van der Waals surface area (Å²) in [5.74, 6) is -1.40. The summed E-state index contributed by atoms with van der Waals surface area (Å²) in [6, 6.07) is 21.9. The lowest BCUT2D eigenvalue weighted by molar-refractivity contribution is -0.133. The van der Waals surface area contributed by atoms with Crippen molar-refractivity contribution >= 4 is 34.4 Å². The van der Waals surface area contributed by atoms with Crippen molar-refractivity contribution in [3.63, 3.8) is 0 Å². The van der Waals surface area contributed by atoms with Gasteiger partial charge >= 0.3 is 0 Å². The molecule has 212 valence electrons. The first-order valence-electron chi connectivity index (χ1n) is 13.7. The lowest BCUT2D eigenvalue weighted by atomic mass is 10.0. The number of hydrogen-bond donors (Lipinski definition) is 4. The summed E-state index contributed by atoms with van der Waals surface area (Å²) in [6.07, 6.45) is 0.544. The van der Waals surface area contributed by atoms with Crippen LogP contribution in [0.3, 0.4) is 0 Å². The smallest absolute Gasteiger partial charge is 0.243 e. The third-order valence-electron chi connectivity index (χ3n) is 6.28. The molecule has 0 radical (unpaired) electrons. The quantitative estimate of drug-likeness (QED) is 0.278. The molecule has 3 aromatic rings. The maximum absolute atomic E-state index is 13.1. The second-order valence-corrected chi connectivity index (χ2v) is 11.1. The summed E-state index contributed by atoms with van der Waals surface area (Å²) in [7, 11) is 0. The van der Waals surface area contributed by atoms with Gasteiger partial charge in [0.05, 0.1) is 6.42 Å². The van der Waals surface area contributed by atoms with Crippen molar-refractivity contribution in [2.24, 2.45) is 0 Å². The summed E-state index contributed by atoms with van der Waals surface area (Å²) < 4.78 is 0. The Bertz CT molecular complexity index is 1310. The molecule has 0 aliphatic heterocycles. The number of fused-ring (bicyclic) bond motifs is 1. The van der Waals surface area contributed by atoms with Gasteiger partial charge in [0.2, 0.25) is 23.6 Å². The summed E-state index contributed by atoms with van der Waals surface area (Å²) in [4.78, 5) is 51.1. The van der Waals surface area contributed by atoms with Crippen LogP contribution in [-0.4, -0.2) is 41.3 Å². The van der Waals surface area contributed by atoms with Gasteiger partial charge in [0.1, 0.15) is 6.04 Å². The van der Waals surface area contributed by atoms with E-state index in [-0.39, 0.29) is 37.0 Å². The summed E-state index contributed by atoms with van der Waals surface area (Å²) in [6.45, 7) is 7.62. The minimum atomic E-state index is -1.06. The molecule has 4 N–H and O–H groups in total. The molecule has 8 heteroatoms. The zero-order valence-electron chi connectivity index (χ0n) is 23.8. The Labute approximate surface area is 236 Å². The molecule has 0 saturated heterocycles. The number of hydrogen-bond acceptors (Lipinski definition) is 4. The molecule has 40 heavy (non-hydrogen) atoms. The van der Waals surface area contributed by atoms with Gasteiger partial charge < -0.3 is 21.3 Å². The molecule has 2 atom stereocenters. The Balaban J connectivity index is 1.55. The Morgan fingerprint density at radius 1 is 0.750 bits per heavy atom. The highest BCUT2D eigenvalue weighted by atomic mass is 16.2. The molecular formula is C32H40N4O4. The molecular weight excluding hydrogens is 504 g/mol. The van der Waals surface area contributed by atoms with Gasteiger partial charge in [0.25, 0.3) is 0 Å². The number of aryl methyl sites for hydroxylation is 1. The maximum Gasteiger partial charge on any atom is 0.243 e. The van der Waals surface area contributed by atoms with Crippen LogP contribution < -0.4 is 21.3 Å². The number of nitrogens with one attached hydrogen (secondary N) is 4. The molecule has 4 amide bonds. The first-order valence-corrected chi connectivity index (χ1v) is 13.7. The summed E-state index contributed by atoms with van der Waals surface area (Å²) >= 11 is 0. The van der Waals surface area contributed by atoms with E-state index in [4.69, 9.17) is 0 Å². The monoisotopic (exact) mass is 544 g/mol. The fourth-order valence-corrected chi connectivity index (χ4v) is 4.42. The molecule has 3 rings (SSSR count). The highest BCUT2D eigenvalue weighted by molar-refractivity contribution is 5.92. The highest BCUT2D eigenvalue weighted by Gasteiger charge is 2.27. The number of carbonyl (C=O) groups excluding carboxylic acids is 4. The fraction of sp³-hybridized carbons (Fsp3) is 0.375. The average molecular weight is 545 g/mol. The molecule has 8 nitrogen and oxygen atoms in total. The van der Waals surface area contributed by atoms with E-state index in [2.05, 4.69) is 21.3 Å². The lowest BCUT2D eigenvalue weighted by Gasteiger charge is -2.24. The van der Waals surface area contributed by atoms with Crippen molar-refractivity contribution in [2.75, 3.05) is 0 Å². The fourth-order valence-electron chi connectivity index (χ4n) is 4.42. The van der Waals surface area contributed by atoms with Crippen molar-refractivity contribution in [3.05, 3.63) is 83.9 Å². The van der Waals surface area contributed by atoms with E-state index in [0.29, 0.717) is 13.0 Å². The third kappa shape index (κ3) is 10.2. The van der Waals surface area contributed by atoms with Gasteiger partial charge in [0, 0.05) is 31.0 Å². The van der Waals surface area contributed by atoms with Gasteiger partial charge in [-0.1, -0.05) is 72.8 Å². The van der Waals surface area contributed by atoms with Crippen LogP contribution in [0.25, 0.3) is 10.8 Å². The van der Waals surface area contributed by atoms with E-state index in [9.17, 15) is 19.2 Å². The van der Waals surface area contributed by atoms with E-state index in [1.165, 1.54) is 0 Å². The van der Waals surface area contributed by atoms with Gasteiger partial charge in [-0.2, -0.15) is 0 Å². The van der Waals surface area contributed by atoms with Gasteiger partial charge in [-0.25, -0.2) is 0 Å². The van der Waals surface area contributed by atoms with Crippen LogP contribution in [0.2, 0.25) is 0 Å². The number of benzene rings is 3. The molecule has 0 unspecified atom stereocenters. The van der Waals surface area contributed by atoms with Crippen molar-refractivity contribution in [3.8, 4) is 0 Å². The topological polar surface area (TPSA) is 116 Å². The van der Waals surface area contributed by atoms with Crippen molar-refractivity contribution in [2.45, 2.75) is 77.5 Å². The third-order valence-corrected chi connectivity index (χ3v) is 6.28. The van der Waals surface area contributed by atoms with Crippen LogP contribution in [0.5, 0.6) is 0 Å². The molecule has 0 saturated carbocycles. The van der Waals surface area contributed by atoms with Crippen LogP contribution in [-0.2, 0) is 32.1 Å². The molecule has 0 aliphatic carbocycles. The average Bonchev–Trinajstić information content (AvgIpc) is 2.89. The number of carbonyl (C=O) groups is 4. The van der Waals surface area contributed by atoms with Crippen molar-refractivity contribution < 1.29 is 19.2 Å². The molecule has 0 bridgehead atoms. The Hall–Kier alpha value is -4.20. The van der Waals surface area contributed by atoms with Gasteiger partial charge in [0.15, 0.2) is 0 Å². The van der Waals surface area contributed by atoms with Crippen LogP contribution in [0.4, 0.5) is 0 Å². The van der Waals surface area contributed by atoms with E-state index in [1.54, 1.807) is 6.92 Å². The molecule has 0 fully saturated rings. The summed E-state index contributed by atoms with van der Waals surface area (Å²) in [5, 5.41) is 13.4. The van der Waals surface area contributed by atoms with Crippen LogP contribution in [0, 0.1) is 0 Å². The maximum atomic E-state index is 13.1. The Morgan fingerprint density at radius 2 is 1.43 bits per heavy atom. The van der Waals surface area contributed by atoms with Crippen LogP contribution >= 0.6 is 0 Å². The van der Waals surface area contributed by atoms with E-state index in [1.807, 2.05) is 93.6 Å². The van der Waals surface area contributed by atoms with E-state index >= 15 is 0 Å². The van der Waals surface area contributed by atoms with Gasteiger partial charge in [-0.3, -0.25) is 19.2 Å². The Kier molecular flexibility index (Phi) is 10.8. The van der Waals surface area contributed by atoms with E-state index in [0.717, 1.165) is 21.9 Å². The zero-order chi connectivity index (χ0) is 29.1. The largest absolute Gasteiger partial charge is 0.352 e. The molecule has 0 aromatic heterocycles. The second kappa shape index (κ2) is 14.3. The first-order chi connectivity index (χ1) is 19.0. The SMILES string of the molecule is C[C@@H](CC(=O)NCc1cccc2ccccc12)NC(=O)[C@H](CC(=O)NC(C)(C)C)NC(=O)CCc1ccccc1. The molecule has 3 aromatic carbocycles. The minimum Gasteiger partial charge on any atom is -0.352 e. The molecule has 0 aliphatic rings. The zero-order valence-corrected chi connectivity index (χ0v) is 23.8. The molecule has 0 spiro atoms. The van der Waals surface area contributed by atoms with Crippen LogP contribution in [0.1, 0.15) is 58.1 Å². The first kappa shape index (κ1) is 30.3. The second-order valence-electron chi connectivity index (χ2n) is 11.1. The Morgan fingerprint density at radius 3 is 2.15 bits per heavy atom. The molecule has 0 heterocycles. The standard InChI is InChI=1S/C32H40N4O4/c1-22(19-29(38)33-21-25-15-10-14-24-13-8-9-16-26(24)25)34-31(40)27(20-30(39)36-32(2,3)4)35-28(37)18-17-23-11-6-5-7-12-23/h5-16,22,27H,17-21H2,1-4H3,(H,33,38)(H,34,40)(H,35,37)(H,36,39)/t22-,27-/m0/s1. The van der Waals surface area contributed by atoms with E-state index < -0.39 is 23.5 Å². The van der Waals surface area contributed by atoms with Crippen LogP contribution in [0.15, 0.2) is 72.8 Å². The minimum absolute atomic E-state index is 0.0549. The van der Waals surface area contributed by atoms with Gasteiger partial charge in [-0.15, -0.1) is 0 Å². The normalized spacial score (nSPS) is 12.7. The predicted molar refractivity (Wildman–Crippen MR) is 157 cm³/mol. The lowest BCUT2D eigenvalue weighted by Crippen LogP contribution is -2.52. The van der Waals surface area contributed by atoms with Gasteiger partial charge in [-0.05, 0) is 56.0 Å². The highest BCUT2D eigenvalue weighted by Crippen LogP contribution is 2.18. The van der Waals surface area contributed by atoms with Crippen molar-refractivity contribution in [1.29, 1.82) is 0 Å². The predicted octanol–water partition coefficient (Wildman–Crippen LogP) is 3.77. The van der Waals surface area contributed by atoms with Crippen molar-refractivity contribution in [1.82, 2.24) is 21.3 Å². The number of rotatable bonds is 12. The number of amides is 4. The summed E-state index contributed by atoms with van der Waals surface area (Å²) in [5.41, 5.74) is 1.53.